The highest BCUT2D eigenvalue weighted by molar-refractivity contribution is 9.10. The van der Waals surface area contributed by atoms with Crippen molar-refractivity contribution in [2.24, 2.45) is 0 Å². The summed E-state index contributed by atoms with van der Waals surface area (Å²) in [5.74, 6) is 1.04. The first kappa shape index (κ1) is 12.2. The summed E-state index contributed by atoms with van der Waals surface area (Å²) in [7, 11) is 1.38. The van der Waals surface area contributed by atoms with E-state index in [4.69, 9.17) is 14.2 Å². The van der Waals surface area contributed by atoms with Crippen molar-refractivity contribution in [3.05, 3.63) is 22.2 Å². The lowest BCUT2D eigenvalue weighted by molar-refractivity contribution is -0.146. The van der Waals surface area contributed by atoms with Gasteiger partial charge in [0.25, 0.3) is 0 Å². The lowest BCUT2D eigenvalue weighted by Crippen LogP contribution is -2.30. The third-order valence-electron chi connectivity index (χ3n) is 2.83. The summed E-state index contributed by atoms with van der Waals surface area (Å²) in [5.41, 5.74) is 0.0720. The van der Waals surface area contributed by atoms with Gasteiger partial charge in [0.2, 0.25) is 6.79 Å². The average molecular weight is 301 g/mol. The van der Waals surface area contributed by atoms with Crippen molar-refractivity contribution < 1.29 is 19.0 Å². The van der Waals surface area contributed by atoms with Crippen LogP contribution in [0.15, 0.2) is 16.6 Å². The Morgan fingerprint density at radius 1 is 1.35 bits per heavy atom. The van der Waals surface area contributed by atoms with Crippen LogP contribution >= 0.6 is 15.9 Å². The van der Waals surface area contributed by atoms with Gasteiger partial charge in [-0.05, 0) is 31.5 Å². The lowest BCUT2D eigenvalue weighted by atomic mass is 9.84. The molecule has 17 heavy (non-hydrogen) atoms. The van der Waals surface area contributed by atoms with E-state index in [1.807, 2.05) is 12.1 Å². The molecule has 1 heterocycles. The first-order valence-electron chi connectivity index (χ1n) is 5.15. The highest BCUT2D eigenvalue weighted by Gasteiger charge is 2.34. The van der Waals surface area contributed by atoms with Crippen LogP contribution in [0.3, 0.4) is 0 Å². The van der Waals surface area contributed by atoms with Gasteiger partial charge >= 0.3 is 5.97 Å². The van der Waals surface area contributed by atoms with Crippen molar-refractivity contribution in [3.63, 3.8) is 0 Å². The number of benzene rings is 1. The minimum absolute atomic E-state index is 0.212. The molecule has 0 saturated heterocycles. The second-order valence-corrected chi connectivity index (χ2v) is 5.16. The van der Waals surface area contributed by atoms with Crippen LogP contribution in [0.25, 0.3) is 0 Å². The maximum Gasteiger partial charge on any atom is 0.315 e. The van der Waals surface area contributed by atoms with Gasteiger partial charge in [0.1, 0.15) is 0 Å². The molecule has 0 amide bonds. The fourth-order valence-corrected chi connectivity index (χ4v) is 2.58. The average Bonchev–Trinajstić information content (AvgIpc) is 2.73. The molecule has 0 bridgehead atoms. The molecule has 0 fully saturated rings. The summed E-state index contributed by atoms with van der Waals surface area (Å²) in [6.07, 6.45) is 0. The summed E-state index contributed by atoms with van der Waals surface area (Å²) < 4.78 is 16.2. The number of esters is 1. The Morgan fingerprint density at radius 3 is 2.53 bits per heavy atom. The van der Waals surface area contributed by atoms with E-state index in [1.54, 1.807) is 13.8 Å². The van der Waals surface area contributed by atoms with Gasteiger partial charge in [0, 0.05) is 4.47 Å². The molecule has 0 atom stereocenters. The van der Waals surface area contributed by atoms with Gasteiger partial charge in [0.15, 0.2) is 11.5 Å². The SMILES string of the molecule is COC(=O)C(C)(C)c1cc2c(cc1Br)OCO2. The Hall–Kier alpha value is -1.23. The zero-order chi connectivity index (χ0) is 12.6. The third-order valence-corrected chi connectivity index (χ3v) is 3.49. The fraction of sp³-hybridized carbons (Fsp3) is 0.417. The normalized spacial score (nSPS) is 13.6. The molecule has 92 valence electrons. The summed E-state index contributed by atoms with van der Waals surface area (Å²) in [4.78, 5) is 11.8. The minimum Gasteiger partial charge on any atom is -0.468 e. The van der Waals surface area contributed by atoms with E-state index >= 15 is 0 Å². The van der Waals surface area contributed by atoms with E-state index in [2.05, 4.69) is 15.9 Å². The Balaban J connectivity index is 2.49. The zero-order valence-corrected chi connectivity index (χ0v) is 11.5. The topological polar surface area (TPSA) is 44.8 Å². The standard InChI is InChI=1S/C12H13BrO4/c1-12(2,11(14)15-3)7-4-9-10(5-8(7)13)17-6-16-9/h4-5H,6H2,1-3H3. The number of ether oxygens (including phenoxy) is 3. The number of carbonyl (C=O) groups excluding carboxylic acids is 1. The van der Waals surface area contributed by atoms with Gasteiger partial charge in [0.05, 0.1) is 12.5 Å². The van der Waals surface area contributed by atoms with Crippen molar-refractivity contribution in [3.8, 4) is 11.5 Å². The summed E-state index contributed by atoms with van der Waals surface area (Å²) in [6, 6.07) is 3.62. The predicted molar refractivity (Wildman–Crippen MR) is 65.3 cm³/mol. The molecular weight excluding hydrogens is 288 g/mol. The van der Waals surface area contributed by atoms with Crippen LogP contribution in [0.2, 0.25) is 0 Å². The molecule has 4 nitrogen and oxygen atoms in total. The Labute approximate surface area is 108 Å². The van der Waals surface area contributed by atoms with E-state index in [0.29, 0.717) is 11.5 Å². The van der Waals surface area contributed by atoms with Crippen LogP contribution in [-0.4, -0.2) is 19.9 Å². The molecule has 1 aliphatic heterocycles. The minimum atomic E-state index is -0.742. The molecule has 2 rings (SSSR count). The first-order valence-corrected chi connectivity index (χ1v) is 5.94. The van der Waals surface area contributed by atoms with Gasteiger partial charge in [-0.25, -0.2) is 0 Å². The number of hydrogen-bond acceptors (Lipinski definition) is 4. The van der Waals surface area contributed by atoms with Crippen molar-refractivity contribution in [1.29, 1.82) is 0 Å². The maximum absolute atomic E-state index is 11.8. The second-order valence-electron chi connectivity index (χ2n) is 4.30. The first-order chi connectivity index (χ1) is 7.96. The van der Waals surface area contributed by atoms with Crippen LogP contribution in [0.4, 0.5) is 0 Å². The number of halogens is 1. The zero-order valence-electron chi connectivity index (χ0n) is 9.87. The molecule has 0 N–H and O–H groups in total. The number of fused-ring (bicyclic) bond motifs is 1. The number of hydrogen-bond donors (Lipinski definition) is 0. The smallest absolute Gasteiger partial charge is 0.315 e. The monoisotopic (exact) mass is 300 g/mol. The van der Waals surface area contributed by atoms with Crippen molar-refractivity contribution in [2.75, 3.05) is 13.9 Å². The molecule has 0 spiro atoms. The molecule has 5 heteroatoms. The molecule has 0 aromatic heterocycles. The fourth-order valence-electron chi connectivity index (χ4n) is 1.76. The van der Waals surface area contributed by atoms with E-state index in [0.717, 1.165) is 10.0 Å². The molecule has 1 aromatic rings. The van der Waals surface area contributed by atoms with Gasteiger partial charge < -0.3 is 14.2 Å². The van der Waals surface area contributed by atoms with Crippen LogP contribution in [-0.2, 0) is 14.9 Å². The summed E-state index contributed by atoms with van der Waals surface area (Å²) in [5, 5.41) is 0. The van der Waals surface area contributed by atoms with Crippen LogP contribution < -0.4 is 9.47 Å². The Kier molecular flexibility index (Phi) is 3.03. The highest BCUT2D eigenvalue weighted by atomic mass is 79.9. The number of rotatable bonds is 2. The van der Waals surface area contributed by atoms with E-state index in [-0.39, 0.29) is 12.8 Å². The predicted octanol–water partition coefficient (Wildman–Crippen LogP) is 2.63. The molecule has 0 radical (unpaired) electrons. The number of methoxy groups -OCH3 is 1. The summed E-state index contributed by atoms with van der Waals surface area (Å²) >= 11 is 3.44. The maximum atomic E-state index is 11.8. The second kappa shape index (κ2) is 4.22. The molecule has 0 unspecified atom stereocenters. The van der Waals surface area contributed by atoms with Crippen molar-refractivity contribution in [2.45, 2.75) is 19.3 Å². The van der Waals surface area contributed by atoms with Crippen LogP contribution in [0, 0.1) is 0 Å². The summed E-state index contributed by atoms with van der Waals surface area (Å²) in [6.45, 7) is 3.83. The highest BCUT2D eigenvalue weighted by Crippen LogP contribution is 2.41. The molecule has 0 aliphatic carbocycles. The quantitative estimate of drug-likeness (QED) is 0.788. The van der Waals surface area contributed by atoms with Crippen molar-refractivity contribution >= 4 is 21.9 Å². The Morgan fingerprint density at radius 2 is 1.94 bits per heavy atom. The lowest BCUT2D eigenvalue weighted by Gasteiger charge is -2.23. The molecular formula is C12H13BrO4. The van der Waals surface area contributed by atoms with Gasteiger partial charge in [-0.1, -0.05) is 15.9 Å². The van der Waals surface area contributed by atoms with Crippen molar-refractivity contribution in [1.82, 2.24) is 0 Å². The largest absolute Gasteiger partial charge is 0.468 e. The van der Waals surface area contributed by atoms with E-state index in [9.17, 15) is 4.79 Å². The number of carbonyl (C=O) groups is 1. The van der Waals surface area contributed by atoms with Crippen LogP contribution in [0.1, 0.15) is 19.4 Å². The van der Waals surface area contributed by atoms with Gasteiger partial charge in [-0.15, -0.1) is 0 Å². The third kappa shape index (κ3) is 1.99. The molecule has 1 aliphatic rings. The van der Waals surface area contributed by atoms with Crippen LogP contribution in [0.5, 0.6) is 11.5 Å². The molecule has 0 saturated carbocycles. The molecule has 1 aromatic carbocycles. The van der Waals surface area contributed by atoms with Gasteiger partial charge in [-0.2, -0.15) is 0 Å². The Bertz CT molecular complexity index is 468. The van der Waals surface area contributed by atoms with E-state index < -0.39 is 5.41 Å². The van der Waals surface area contributed by atoms with Gasteiger partial charge in [-0.3, -0.25) is 4.79 Å². The van der Waals surface area contributed by atoms with E-state index in [1.165, 1.54) is 7.11 Å².